The number of carbonyl (C=O) groups is 3. The van der Waals surface area contributed by atoms with E-state index in [4.69, 9.17) is 6.42 Å². The average molecular weight is 1420 g/mol. The number of terminal acetylenes is 1. The van der Waals surface area contributed by atoms with Crippen LogP contribution < -0.4 is 0 Å². The Morgan fingerprint density at radius 1 is 0.465 bits per heavy atom. The normalized spacial score (nSPS) is 43.5. The zero-order valence-corrected chi connectivity index (χ0v) is 62.6. The van der Waals surface area contributed by atoms with Gasteiger partial charge < -0.3 is 15.3 Å². The third-order valence-electron chi connectivity index (χ3n) is 31.4. The number of halogens is 1. The molecular weight excluding hydrogens is 1290 g/mol. The molecule has 2 aromatic heterocycles. The average Bonchev–Trinajstić information content (AvgIpc) is 1.71. The monoisotopic (exact) mass is 1420 g/mol. The lowest BCUT2D eigenvalue weighted by molar-refractivity contribution is -0.158. The van der Waals surface area contributed by atoms with Crippen LogP contribution in [-0.4, -0.2) is 84.8 Å². The molecule has 0 spiro atoms. The predicted octanol–water partition coefficient (Wildman–Crippen LogP) is 17.0. The van der Waals surface area contributed by atoms with Gasteiger partial charge >= 0.3 is 0 Å². The van der Waals surface area contributed by atoms with E-state index >= 15 is 0 Å². The van der Waals surface area contributed by atoms with Crippen molar-refractivity contribution in [1.29, 1.82) is 0 Å². The Bertz CT molecular complexity index is 3300. The molecule has 12 saturated carbocycles. The number of fused-ring (bicyclic) bond motifs is 15. The first-order chi connectivity index (χ1) is 46.3. The van der Waals surface area contributed by atoms with Gasteiger partial charge in [-0.15, -0.1) is 11.5 Å². The molecule has 0 amide bonds. The molecule has 0 unspecified atom stereocenters. The summed E-state index contributed by atoms with van der Waals surface area (Å²) in [6.07, 6.45) is 47.1. The van der Waals surface area contributed by atoms with Crippen LogP contribution in [0.25, 0.3) is 0 Å². The summed E-state index contributed by atoms with van der Waals surface area (Å²) in [5.41, 5.74) is 0.478. The first-order valence-corrected chi connectivity index (χ1v) is 39.8. The van der Waals surface area contributed by atoms with Crippen molar-refractivity contribution in [1.82, 2.24) is 30.0 Å². The summed E-state index contributed by atoms with van der Waals surface area (Å²) >= 11 is 3.44. The molecular formula is C86H127BrN6O6. The van der Waals surface area contributed by atoms with Crippen LogP contribution in [0.4, 0.5) is 0 Å². The summed E-state index contributed by atoms with van der Waals surface area (Å²) in [6, 6.07) is 0. The highest BCUT2D eigenvalue weighted by Crippen LogP contribution is 2.73. The van der Waals surface area contributed by atoms with Crippen molar-refractivity contribution >= 4 is 33.3 Å². The summed E-state index contributed by atoms with van der Waals surface area (Å²) in [7, 11) is 0. The lowest BCUT2D eigenvalue weighted by Gasteiger charge is -2.63. The van der Waals surface area contributed by atoms with E-state index in [0.717, 1.165) is 99.2 Å². The van der Waals surface area contributed by atoms with E-state index in [2.05, 4.69) is 152 Å². The highest BCUT2D eigenvalue weighted by Gasteiger charge is 2.66. The number of aromatic nitrogens is 6. The van der Waals surface area contributed by atoms with Crippen LogP contribution in [0.2, 0.25) is 0 Å². The van der Waals surface area contributed by atoms with Crippen molar-refractivity contribution in [2.75, 3.05) is 5.33 Å². The Kier molecular flexibility index (Phi) is 24.9. The van der Waals surface area contributed by atoms with Gasteiger partial charge in [0.1, 0.15) is 18.9 Å². The van der Waals surface area contributed by atoms with Gasteiger partial charge in [0.2, 0.25) is 0 Å². The van der Waals surface area contributed by atoms with Gasteiger partial charge in [-0.05, 0) is 371 Å². The molecule has 13 heteroatoms. The minimum atomic E-state index is -0.467. The molecule has 2 heterocycles. The standard InChI is InChI=1S/2C25H39N3O2.C23H37BrO2.C11H4.2CH4/c1-4-25-12-11-23(2,30)15-17(25)5-6-18-19-7-8-21(24(19,3)10-9-20(18)25)22(29)16-28-14-13-26-27-28;1-4-25-12-11-23(2,30)15-17(25)5-6-18-19-7-8-21(24(19,3)10-9-20(18)25)22(29)16-28-26-13-14-27-28;1-4-23-12-11-21(2,26)13-15(23)5-6-16-17-7-8-19(20(25)14-24)22(17,3)10-9-18(16)23;1-3-5-7-9-11-10-8-6-4-2;;/h2*13-14,17-21,30H,4-12,15-16H2,1-3H3;15-19,26H,4-14H2,1-3H3;1H,2H3;2*1H4/t2*17-,18+,19+,20+,21-,23-,24+,25+;15-,16+,17+,18+,19-,21-,22+,23+;;;/m111.../s1. The summed E-state index contributed by atoms with van der Waals surface area (Å²) in [5.74, 6) is 32.7. The maximum Gasteiger partial charge on any atom is 0.159 e. The van der Waals surface area contributed by atoms with Crippen LogP contribution in [0.1, 0.15) is 277 Å². The number of ketones is 3. The molecule has 14 rings (SSSR count). The molecule has 0 aromatic carbocycles. The minimum Gasteiger partial charge on any atom is -0.390 e. The van der Waals surface area contributed by atoms with Gasteiger partial charge in [-0.1, -0.05) is 83.5 Å². The van der Waals surface area contributed by atoms with Crippen LogP contribution in [0.3, 0.4) is 0 Å². The summed E-state index contributed by atoms with van der Waals surface area (Å²) < 4.78 is 1.69. The zero-order valence-electron chi connectivity index (χ0n) is 61.0. The second kappa shape index (κ2) is 31.4. The summed E-state index contributed by atoms with van der Waals surface area (Å²) in [6.45, 7) is 23.1. The van der Waals surface area contributed by atoms with E-state index in [9.17, 15) is 29.7 Å². The predicted molar refractivity (Wildman–Crippen MR) is 399 cm³/mol. The molecule has 2 aromatic rings. The molecule has 0 saturated heterocycles. The Morgan fingerprint density at radius 2 is 0.828 bits per heavy atom. The first kappa shape index (κ1) is 78.6. The highest BCUT2D eigenvalue weighted by molar-refractivity contribution is 9.09. The van der Waals surface area contributed by atoms with E-state index in [-0.39, 0.29) is 48.9 Å². The Labute approximate surface area is 607 Å². The number of Topliss-reactive ketones (excluding diaryl/α,β-unsaturated/α-hetero) is 3. The Morgan fingerprint density at radius 3 is 1.17 bits per heavy atom. The van der Waals surface area contributed by atoms with E-state index in [1.54, 1.807) is 41.2 Å². The van der Waals surface area contributed by atoms with Crippen molar-refractivity contribution in [2.24, 2.45) is 121 Å². The highest BCUT2D eigenvalue weighted by atomic mass is 79.9. The van der Waals surface area contributed by atoms with Crippen molar-refractivity contribution in [2.45, 2.75) is 307 Å². The molecule has 12 nitrogen and oxygen atoms in total. The summed E-state index contributed by atoms with van der Waals surface area (Å²) in [5, 5.41) is 49.0. The van der Waals surface area contributed by atoms with Crippen LogP contribution in [0.5, 0.6) is 0 Å². The molecule has 3 N–H and O–H groups in total. The topological polar surface area (TPSA) is 173 Å². The number of hydrogen-bond donors (Lipinski definition) is 3. The molecule has 12 aliphatic carbocycles. The van der Waals surface area contributed by atoms with Crippen LogP contribution in [0.15, 0.2) is 24.8 Å². The van der Waals surface area contributed by atoms with E-state index < -0.39 is 16.8 Å². The second-order valence-electron chi connectivity index (χ2n) is 35.3. The second-order valence-corrected chi connectivity index (χ2v) is 35.9. The fourth-order valence-corrected chi connectivity index (χ4v) is 27.3. The van der Waals surface area contributed by atoms with Crippen LogP contribution in [-0.2, 0) is 27.5 Å². The van der Waals surface area contributed by atoms with Crippen LogP contribution in [0, 0.1) is 181 Å². The smallest absolute Gasteiger partial charge is 0.159 e. The van der Waals surface area contributed by atoms with Crippen molar-refractivity contribution in [3.8, 4) is 59.7 Å². The molecule has 12 aliphatic rings. The number of nitrogens with zero attached hydrogens (tertiary/aromatic N) is 6. The quantitative estimate of drug-likeness (QED) is 0.145. The fraction of sp³-hybridized carbons (Fsp3) is 0.802. The Balaban J connectivity index is 0.000000160. The molecule has 99 heavy (non-hydrogen) atoms. The molecule has 0 radical (unpaired) electrons. The van der Waals surface area contributed by atoms with E-state index in [1.165, 1.54) is 135 Å². The fourth-order valence-electron chi connectivity index (χ4n) is 26.9. The lowest BCUT2D eigenvalue weighted by Crippen LogP contribution is -2.56. The molecule has 24 atom stereocenters. The van der Waals surface area contributed by atoms with Crippen molar-refractivity contribution < 1.29 is 29.7 Å². The van der Waals surface area contributed by atoms with Crippen molar-refractivity contribution in [3.05, 3.63) is 24.8 Å². The molecule has 0 bridgehead atoms. The van der Waals surface area contributed by atoms with Gasteiger partial charge in [-0.25, -0.2) is 4.68 Å². The third kappa shape index (κ3) is 15.0. The first-order valence-electron chi connectivity index (χ1n) is 38.6. The molecule has 12 fully saturated rings. The van der Waals surface area contributed by atoms with Crippen LogP contribution >= 0.6 is 15.9 Å². The van der Waals surface area contributed by atoms with Gasteiger partial charge in [-0.2, -0.15) is 15.0 Å². The number of aliphatic hydroxyl groups is 3. The van der Waals surface area contributed by atoms with Gasteiger partial charge in [0.15, 0.2) is 11.6 Å². The largest absolute Gasteiger partial charge is 0.390 e. The van der Waals surface area contributed by atoms with Gasteiger partial charge in [0.25, 0.3) is 0 Å². The SMILES string of the molecule is C.C.C#CC#CC#CC#CC#CC.CC[C@]12CC[C@@](C)(O)C[C@H]1CC[C@H]1[C@@H]3CC[C@H](C(=O)CBr)[C@@]3(C)CC[C@@H]12.CC[C@]12CC[C@@](C)(O)C[C@H]1CC[C@H]1[C@@H]3CC[C@H](C(=O)Cn4ccnn4)[C@@]3(C)CC[C@@H]12.CC[C@]12CC[C@@](C)(O)C[C@H]1CC[C@H]1[C@@H]3CC[C@H](C(=O)Cn4nccn4)[C@@]3(C)CC[C@@H]12. The number of hydrogen-bond acceptors (Lipinski definition) is 10. The summed E-state index contributed by atoms with van der Waals surface area (Å²) in [4.78, 5) is 40.6. The van der Waals surface area contributed by atoms with Gasteiger partial charge in [0, 0.05) is 24.0 Å². The lowest BCUT2D eigenvalue weighted by atomic mass is 9.42. The van der Waals surface area contributed by atoms with Gasteiger partial charge in [0.05, 0.1) is 40.7 Å². The van der Waals surface area contributed by atoms with Crippen molar-refractivity contribution in [3.63, 3.8) is 0 Å². The maximum atomic E-state index is 13.2. The molecule has 544 valence electrons. The Hall–Kier alpha value is -4.55. The number of alkyl halides is 1. The number of rotatable bonds is 11. The minimum absolute atomic E-state index is 0. The van der Waals surface area contributed by atoms with Gasteiger partial charge in [-0.3, -0.25) is 14.4 Å². The number of carbonyl (C=O) groups excluding carboxylic acids is 3. The third-order valence-corrected chi connectivity index (χ3v) is 31.9. The zero-order chi connectivity index (χ0) is 69.4. The van der Waals surface area contributed by atoms with E-state index in [0.29, 0.717) is 81.6 Å². The van der Waals surface area contributed by atoms with E-state index in [1.807, 2.05) is 0 Å². The maximum absolute atomic E-state index is 13.2. The molecule has 0 aliphatic heterocycles.